The highest BCUT2D eigenvalue weighted by Gasteiger charge is 2.03. The van der Waals surface area contributed by atoms with Gasteiger partial charge in [0.1, 0.15) is 0 Å². The van der Waals surface area contributed by atoms with Crippen LogP contribution in [0.5, 0.6) is 0 Å². The molecule has 0 saturated carbocycles. The van der Waals surface area contributed by atoms with E-state index in [1.165, 1.54) is 11.1 Å². The first-order chi connectivity index (χ1) is 10.5. The summed E-state index contributed by atoms with van der Waals surface area (Å²) in [6.07, 6.45) is 1.79. The summed E-state index contributed by atoms with van der Waals surface area (Å²) in [5.74, 6) is 0. The van der Waals surface area contributed by atoms with Crippen LogP contribution >= 0.6 is 12.2 Å². The molecule has 2 N–H and O–H groups in total. The SMILES string of the molecule is Cc1ccc(/C=N/NC(=S)Nc2c(C)cccc2C)c(C)c1. The number of hydrogen-bond donors (Lipinski definition) is 2. The molecule has 0 aliphatic rings. The monoisotopic (exact) mass is 311 g/mol. The molecule has 114 valence electrons. The van der Waals surface area contributed by atoms with Crippen LogP contribution in [0.15, 0.2) is 41.5 Å². The summed E-state index contributed by atoms with van der Waals surface area (Å²) in [6, 6.07) is 12.4. The van der Waals surface area contributed by atoms with Gasteiger partial charge in [-0.05, 0) is 62.2 Å². The third kappa shape index (κ3) is 4.15. The van der Waals surface area contributed by atoms with Crippen molar-refractivity contribution in [2.24, 2.45) is 5.10 Å². The molecule has 0 saturated heterocycles. The Morgan fingerprint density at radius 1 is 1.00 bits per heavy atom. The number of hydrogen-bond acceptors (Lipinski definition) is 2. The van der Waals surface area contributed by atoms with Crippen LogP contribution in [0.1, 0.15) is 27.8 Å². The summed E-state index contributed by atoms with van der Waals surface area (Å²) < 4.78 is 0. The smallest absolute Gasteiger partial charge is 0.191 e. The Bertz CT molecular complexity index is 700. The van der Waals surface area contributed by atoms with Crippen LogP contribution in [0.3, 0.4) is 0 Å². The van der Waals surface area contributed by atoms with Crippen molar-refractivity contribution in [1.29, 1.82) is 0 Å². The van der Waals surface area contributed by atoms with E-state index in [0.717, 1.165) is 22.4 Å². The van der Waals surface area contributed by atoms with Crippen molar-refractivity contribution in [2.45, 2.75) is 27.7 Å². The van der Waals surface area contributed by atoms with Crippen molar-refractivity contribution in [3.8, 4) is 0 Å². The minimum absolute atomic E-state index is 0.485. The number of nitrogens with one attached hydrogen (secondary N) is 2. The molecule has 2 aromatic rings. The molecule has 0 aliphatic carbocycles. The van der Waals surface area contributed by atoms with Gasteiger partial charge in [0.2, 0.25) is 0 Å². The van der Waals surface area contributed by atoms with E-state index in [1.54, 1.807) is 6.21 Å². The topological polar surface area (TPSA) is 36.4 Å². The van der Waals surface area contributed by atoms with E-state index in [9.17, 15) is 0 Å². The van der Waals surface area contributed by atoms with Crippen LogP contribution in [0.4, 0.5) is 5.69 Å². The number of rotatable bonds is 3. The third-order valence-corrected chi connectivity index (χ3v) is 3.71. The molecule has 0 heterocycles. The Hall–Kier alpha value is -2.20. The lowest BCUT2D eigenvalue weighted by molar-refractivity contribution is 1.05. The molecule has 22 heavy (non-hydrogen) atoms. The Morgan fingerprint density at radius 3 is 2.32 bits per heavy atom. The van der Waals surface area contributed by atoms with Crippen LogP contribution in [0, 0.1) is 27.7 Å². The second-order valence-corrected chi connectivity index (χ2v) is 5.86. The first-order valence-corrected chi connectivity index (χ1v) is 7.61. The summed E-state index contributed by atoms with van der Waals surface area (Å²) in [4.78, 5) is 0. The maximum atomic E-state index is 5.29. The molecule has 0 bridgehead atoms. The lowest BCUT2D eigenvalue weighted by Crippen LogP contribution is -2.24. The summed E-state index contributed by atoms with van der Waals surface area (Å²) in [7, 11) is 0. The molecule has 0 aromatic heterocycles. The minimum atomic E-state index is 0.485. The maximum absolute atomic E-state index is 5.29. The van der Waals surface area contributed by atoms with Crippen molar-refractivity contribution < 1.29 is 0 Å². The van der Waals surface area contributed by atoms with Crippen molar-refractivity contribution in [3.63, 3.8) is 0 Å². The van der Waals surface area contributed by atoms with Crippen LogP contribution in [-0.4, -0.2) is 11.3 Å². The number of nitrogens with zero attached hydrogens (tertiary/aromatic N) is 1. The highest BCUT2D eigenvalue weighted by Crippen LogP contribution is 2.19. The molecular weight excluding hydrogens is 290 g/mol. The second kappa shape index (κ2) is 7.18. The summed E-state index contributed by atoms with van der Waals surface area (Å²) in [6.45, 7) is 8.26. The predicted octanol–water partition coefficient (Wildman–Crippen LogP) is 4.24. The number of anilines is 1. The lowest BCUT2D eigenvalue weighted by Gasteiger charge is -2.12. The summed E-state index contributed by atoms with van der Waals surface area (Å²) in [5.41, 5.74) is 9.72. The van der Waals surface area contributed by atoms with Crippen molar-refractivity contribution in [3.05, 3.63) is 64.2 Å². The van der Waals surface area contributed by atoms with Gasteiger partial charge in [0.25, 0.3) is 0 Å². The molecule has 0 aliphatic heterocycles. The fourth-order valence-corrected chi connectivity index (χ4v) is 2.44. The molecule has 3 nitrogen and oxygen atoms in total. The molecule has 4 heteroatoms. The normalized spacial score (nSPS) is 10.7. The zero-order chi connectivity index (χ0) is 16.1. The van der Waals surface area contributed by atoms with Crippen molar-refractivity contribution >= 4 is 29.2 Å². The van der Waals surface area contributed by atoms with Gasteiger partial charge in [0.05, 0.1) is 6.21 Å². The molecule has 0 amide bonds. The third-order valence-electron chi connectivity index (χ3n) is 3.51. The molecule has 0 unspecified atom stereocenters. The van der Waals surface area contributed by atoms with E-state index in [1.807, 2.05) is 6.07 Å². The van der Waals surface area contributed by atoms with Crippen molar-refractivity contribution in [1.82, 2.24) is 5.43 Å². The van der Waals surface area contributed by atoms with Gasteiger partial charge in [-0.3, -0.25) is 5.43 Å². The van der Waals surface area contributed by atoms with Gasteiger partial charge >= 0.3 is 0 Å². The number of thiocarbonyl (C=S) groups is 1. The van der Waals surface area contributed by atoms with Crippen LogP contribution < -0.4 is 10.7 Å². The zero-order valence-electron chi connectivity index (χ0n) is 13.4. The first-order valence-electron chi connectivity index (χ1n) is 7.21. The van der Waals surface area contributed by atoms with Gasteiger partial charge in [-0.25, -0.2) is 0 Å². The van der Waals surface area contributed by atoms with E-state index in [-0.39, 0.29) is 0 Å². The number of aryl methyl sites for hydroxylation is 4. The highest BCUT2D eigenvalue weighted by atomic mass is 32.1. The van der Waals surface area contributed by atoms with Gasteiger partial charge < -0.3 is 5.32 Å². The molecule has 0 fully saturated rings. The van der Waals surface area contributed by atoms with E-state index in [4.69, 9.17) is 12.2 Å². The maximum Gasteiger partial charge on any atom is 0.191 e. The summed E-state index contributed by atoms with van der Waals surface area (Å²) >= 11 is 5.29. The van der Waals surface area contributed by atoms with E-state index < -0.39 is 0 Å². The molecule has 2 aromatic carbocycles. The highest BCUT2D eigenvalue weighted by molar-refractivity contribution is 7.80. The lowest BCUT2D eigenvalue weighted by atomic mass is 10.1. The molecule has 0 radical (unpaired) electrons. The number of hydrazone groups is 1. The Morgan fingerprint density at radius 2 is 1.68 bits per heavy atom. The van der Waals surface area contributed by atoms with Gasteiger partial charge in [-0.2, -0.15) is 5.10 Å². The summed E-state index contributed by atoms with van der Waals surface area (Å²) in [5, 5.41) is 7.89. The van der Waals surface area contributed by atoms with Crippen molar-refractivity contribution in [2.75, 3.05) is 5.32 Å². The largest absolute Gasteiger partial charge is 0.331 e. The van der Waals surface area contributed by atoms with Crippen LogP contribution in [0.2, 0.25) is 0 Å². The Kier molecular flexibility index (Phi) is 5.28. The second-order valence-electron chi connectivity index (χ2n) is 5.45. The Balaban J connectivity index is 1.99. The average molecular weight is 311 g/mol. The quantitative estimate of drug-likeness (QED) is 0.506. The van der Waals surface area contributed by atoms with E-state index in [0.29, 0.717) is 5.11 Å². The van der Waals surface area contributed by atoms with Gasteiger partial charge in [-0.15, -0.1) is 0 Å². The Labute approximate surface area is 137 Å². The fraction of sp³-hybridized carbons (Fsp3) is 0.222. The van der Waals surface area contributed by atoms with E-state index in [2.05, 4.69) is 73.9 Å². The van der Waals surface area contributed by atoms with Crippen LogP contribution in [-0.2, 0) is 0 Å². The fourth-order valence-electron chi connectivity index (χ4n) is 2.28. The van der Waals surface area contributed by atoms with Gasteiger partial charge in [-0.1, -0.05) is 42.0 Å². The first kappa shape index (κ1) is 16.2. The average Bonchev–Trinajstić information content (AvgIpc) is 2.45. The molecule has 0 atom stereocenters. The predicted molar refractivity (Wildman–Crippen MR) is 98.8 cm³/mol. The standard InChI is InChI=1S/C18H21N3S/c1-12-8-9-16(15(4)10-12)11-19-21-18(22)20-17-13(2)6-5-7-14(17)3/h5-11H,1-4H3,(H2,20,21,22)/b19-11+. The molecule has 2 rings (SSSR count). The number of para-hydroxylation sites is 1. The van der Waals surface area contributed by atoms with E-state index >= 15 is 0 Å². The molecule has 0 spiro atoms. The minimum Gasteiger partial charge on any atom is -0.331 e. The van der Waals surface area contributed by atoms with Crippen LogP contribution in [0.25, 0.3) is 0 Å². The molecular formula is C18H21N3S. The van der Waals surface area contributed by atoms with Gasteiger partial charge in [0.15, 0.2) is 5.11 Å². The number of benzene rings is 2. The zero-order valence-corrected chi connectivity index (χ0v) is 14.2. The van der Waals surface area contributed by atoms with Gasteiger partial charge in [0, 0.05) is 5.69 Å².